The summed E-state index contributed by atoms with van der Waals surface area (Å²) in [7, 11) is 0. The van der Waals surface area contributed by atoms with E-state index in [2.05, 4.69) is 118 Å². The van der Waals surface area contributed by atoms with Gasteiger partial charge in [-0.25, -0.2) is 0 Å². The van der Waals surface area contributed by atoms with Crippen molar-refractivity contribution in [3.05, 3.63) is 97.2 Å². The summed E-state index contributed by atoms with van der Waals surface area (Å²) in [4.78, 5) is 38.4. The van der Waals surface area contributed by atoms with Gasteiger partial charge in [0.2, 0.25) is 0 Å². The highest BCUT2D eigenvalue weighted by molar-refractivity contribution is 5.71. The molecule has 0 saturated carbocycles. The minimum Gasteiger partial charge on any atom is -0.462 e. The molecule has 0 bridgehead atoms. The molecule has 1 atom stereocenters. The Kier molecular flexibility index (Phi) is 67.7. The molecule has 1 unspecified atom stereocenters. The van der Waals surface area contributed by atoms with Crippen LogP contribution in [0.3, 0.4) is 0 Å². The van der Waals surface area contributed by atoms with Crippen molar-refractivity contribution in [2.75, 3.05) is 13.2 Å². The van der Waals surface area contributed by atoms with Gasteiger partial charge in [-0.3, -0.25) is 14.4 Å². The Labute approximate surface area is 515 Å². The van der Waals surface area contributed by atoms with E-state index in [9.17, 15) is 14.4 Å². The minimum atomic E-state index is -0.780. The maximum absolute atomic E-state index is 12.9. The van der Waals surface area contributed by atoms with Crippen LogP contribution in [0.2, 0.25) is 0 Å². The average molecular weight is 1160 g/mol. The van der Waals surface area contributed by atoms with Crippen molar-refractivity contribution in [1.82, 2.24) is 0 Å². The lowest BCUT2D eigenvalue weighted by molar-refractivity contribution is -0.167. The van der Waals surface area contributed by atoms with Gasteiger partial charge in [-0.1, -0.05) is 330 Å². The van der Waals surface area contributed by atoms with Crippen molar-refractivity contribution in [2.24, 2.45) is 0 Å². The zero-order valence-corrected chi connectivity index (χ0v) is 54.9. The number of hydrogen-bond donors (Lipinski definition) is 0. The predicted molar refractivity (Wildman–Crippen MR) is 362 cm³/mol. The van der Waals surface area contributed by atoms with Crippen molar-refractivity contribution in [2.45, 2.75) is 361 Å². The molecule has 0 radical (unpaired) electrons. The lowest BCUT2D eigenvalue weighted by atomic mass is 10.0. The van der Waals surface area contributed by atoms with Crippen LogP contribution in [-0.4, -0.2) is 37.2 Å². The van der Waals surface area contributed by atoms with Gasteiger partial charge in [0.25, 0.3) is 0 Å². The summed E-state index contributed by atoms with van der Waals surface area (Å²) in [5, 5.41) is 0. The molecule has 0 aromatic rings. The van der Waals surface area contributed by atoms with E-state index in [0.717, 1.165) is 109 Å². The maximum atomic E-state index is 12.9. The highest BCUT2D eigenvalue weighted by Crippen LogP contribution is 2.17. The van der Waals surface area contributed by atoms with E-state index in [1.54, 1.807) is 0 Å². The van der Waals surface area contributed by atoms with Crippen LogP contribution in [0.25, 0.3) is 0 Å². The first-order valence-corrected chi connectivity index (χ1v) is 35.7. The van der Waals surface area contributed by atoms with E-state index in [1.807, 2.05) is 0 Å². The van der Waals surface area contributed by atoms with Crippen molar-refractivity contribution < 1.29 is 28.6 Å². The van der Waals surface area contributed by atoms with E-state index in [4.69, 9.17) is 14.2 Å². The van der Waals surface area contributed by atoms with Crippen LogP contribution in [-0.2, 0) is 28.6 Å². The molecule has 0 saturated heterocycles. The zero-order valence-electron chi connectivity index (χ0n) is 54.9. The molecule has 0 N–H and O–H groups in total. The summed E-state index contributed by atoms with van der Waals surface area (Å²) in [5.74, 6) is -0.867. The fourth-order valence-corrected chi connectivity index (χ4v) is 10.2. The summed E-state index contributed by atoms with van der Waals surface area (Å²) in [6.45, 7) is 6.54. The smallest absolute Gasteiger partial charge is 0.306 e. The first kappa shape index (κ1) is 79.3. The highest BCUT2D eigenvalue weighted by atomic mass is 16.6. The van der Waals surface area contributed by atoms with Gasteiger partial charge in [0, 0.05) is 19.3 Å². The predicted octanol–water partition coefficient (Wildman–Crippen LogP) is 24.8. The van der Waals surface area contributed by atoms with Crippen LogP contribution < -0.4 is 0 Å². The molecule has 6 heteroatoms. The SMILES string of the molecule is CC/C=C\C/C=C\C/C=C\C/C=C\C/C=C\CCCCCCCCCCCCCCCCCC(=O)OCC(COC(=O)CCCCCCCCCCCCC)OC(=O)CCCCCCCCCC/C=C\C/C=C\C/C=C\CCCCCCC. The Morgan fingerprint density at radius 3 is 0.735 bits per heavy atom. The third-order valence-electron chi connectivity index (χ3n) is 15.6. The second-order valence-electron chi connectivity index (χ2n) is 23.8. The van der Waals surface area contributed by atoms with Gasteiger partial charge in [-0.15, -0.1) is 0 Å². The second kappa shape index (κ2) is 70.8. The fraction of sp³-hybridized carbons (Fsp3) is 0.753. The number of rotatable bonds is 65. The quantitative estimate of drug-likeness (QED) is 0.0261. The maximum Gasteiger partial charge on any atom is 0.306 e. The lowest BCUT2D eigenvalue weighted by Gasteiger charge is -2.18. The first-order valence-electron chi connectivity index (χ1n) is 35.7. The summed E-state index contributed by atoms with van der Waals surface area (Å²) in [5.41, 5.74) is 0. The van der Waals surface area contributed by atoms with Crippen molar-refractivity contribution in [3.63, 3.8) is 0 Å². The Balaban J connectivity index is 4.20. The van der Waals surface area contributed by atoms with Crippen molar-refractivity contribution >= 4 is 17.9 Å². The Morgan fingerprint density at radius 1 is 0.253 bits per heavy atom. The molecule has 0 heterocycles. The van der Waals surface area contributed by atoms with E-state index in [0.29, 0.717) is 19.3 Å². The van der Waals surface area contributed by atoms with Crippen LogP contribution in [0.15, 0.2) is 97.2 Å². The lowest BCUT2D eigenvalue weighted by Crippen LogP contribution is -2.30. The average Bonchev–Trinajstić information content (AvgIpc) is 3.48. The minimum absolute atomic E-state index is 0.0760. The van der Waals surface area contributed by atoms with Crippen molar-refractivity contribution in [3.8, 4) is 0 Å². The zero-order chi connectivity index (χ0) is 59.9. The normalized spacial score (nSPS) is 12.7. The first-order chi connectivity index (χ1) is 41.0. The fourth-order valence-electron chi connectivity index (χ4n) is 10.2. The van der Waals surface area contributed by atoms with Crippen LogP contribution >= 0.6 is 0 Å². The van der Waals surface area contributed by atoms with E-state index >= 15 is 0 Å². The van der Waals surface area contributed by atoms with Gasteiger partial charge < -0.3 is 14.2 Å². The number of unbranched alkanes of at least 4 members (excludes halogenated alkanes) is 38. The number of hydrogen-bond acceptors (Lipinski definition) is 6. The molecule has 0 aromatic carbocycles. The molecule has 6 nitrogen and oxygen atoms in total. The molecule has 83 heavy (non-hydrogen) atoms. The highest BCUT2D eigenvalue weighted by Gasteiger charge is 2.19. The van der Waals surface area contributed by atoms with Crippen molar-refractivity contribution in [1.29, 1.82) is 0 Å². The molecule has 0 spiro atoms. The molecule has 0 amide bonds. The Hall–Kier alpha value is -3.67. The van der Waals surface area contributed by atoms with Gasteiger partial charge in [0.15, 0.2) is 6.10 Å². The third-order valence-corrected chi connectivity index (χ3v) is 15.6. The Bertz CT molecular complexity index is 1610. The van der Waals surface area contributed by atoms with E-state index in [1.165, 1.54) is 205 Å². The van der Waals surface area contributed by atoms with Crippen LogP contribution in [0, 0.1) is 0 Å². The summed E-state index contributed by atoms with van der Waals surface area (Å²) in [6.07, 6.45) is 95.8. The van der Waals surface area contributed by atoms with E-state index < -0.39 is 6.10 Å². The van der Waals surface area contributed by atoms with Gasteiger partial charge in [0.1, 0.15) is 13.2 Å². The summed E-state index contributed by atoms with van der Waals surface area (Å²) < 4.78 is 17.0. The molecule has 0 aromatic heterocycles. The molecule has 0 rings (SSSR count). The second-order valence-corrected chi connectivity index (χ2v) is 23.8. The van der Waals surface area contributed by atoms with Gasteiger partial charge in [-0.05, 0) is 103 Å². The summed E-state index contributed by atoms with van der Waals surface area (Å²) in [6, 6.07) is 0. The number of allylic oxidation sites excluding steroid dienone is 16. The van der Waals surface area contributed by atoms with Crippen LogP contribution in [0.1, 0.15) is 355 Å². The van der Waals surface area contributed by atoms with Gasteiger partial charge in [-0.2, -0.15) is 0 Å². The molecule has 0 aliphatic carbocycles. The monoisotopic (exact) mass is 1160 g/mol. The molecule has 0 aliphatic heterocycles. The molecule has 0 fully saturated rings. The topological polar surface area (TPSA) is 78.9 Å². The molecule has 0 aliphatic rings. The molecule has 478 valence electrons. The van der Waals surface area contributed by atoms with Gasteiger partial charge in [0.05, 0.1) is 0 Å². The van der Waals surface area contributed by atoms with E-state index in [-0.39, 0.29) is 31.1 Å². The summed E-state index contributed by atoms with van der Waals surface area (Å²) >= 11 is 0. The van der Waals surface area contributed by atoms with Crippen LogP contribution in [0.4, 0.5) is 0 Å². The Morgan fingerprint density at radius 2 is 0.470 bits per heavy atom. The molecular weight excluding hydrogens is 1020 g/mol. The number of carbonyl (C=O) groups excluding carboxylic acids is 3. The standard InChI is InChI=1S/C77H134O6/c1-4-7-10-13-16-19-22-24-26-28-30-32-34-35-36-37-38-39-40-41-43-44-46-48-50-52-55-58-61-64-67-70-76(79)82-73-74(72-81-75(78)69-66-63-60-57-54-21-18-15-12-9-6-3)83-77(80)71-68-65-62-59-56-53-51-49-47-45-42-33-31-29-27-25-23-20-17-14-11-8-5-2/h7,10,16,19,23-26,29-32,35-36,42,45,74H,4-6,8-9,11-15,17-18,20-22,27-28,33-34,37-41,43-44,46-73H2,1-3H3/b10-7-,19-16-,25-23-,26-24-,31-29-,32-30-,36-35-,45-42-. The number of esters is 3. The van der Waals surface area contributed by atoms with Crippen LogP contribution in [0.5, 0.6) is 0 Å². The number of carbonyl (C=O) groups is 3. The third kappa shape index (κ3) is 69.0. The largest absolute Gasteiger partial charge is 0.462 e. The molecular formula is C77H134O6. The van der Waals surface area contributed by atoms with Gasteiger partial charge >= 0.3 is 17.9 Å². The number of ether oxygens (including phenoxy) is 3.